The maximum Gasteiger partial charge on any atom is 0.403 e. The number of carbonyl (C=O) groups is 1. The van der Waals surface area contributed by atoms with Gasteiger partial charge < -0.3 is 10.6 Å². The molecule has 4 heteroatoms. The number of hydrogen-bond acceptors (Lipinski definition) is 2. The van der Waals surface area contributed by atoms with Crippen molar-refractivity contribution in [1.29, 1.82) is 0 Å². The Morgan fingerprint density at radius 1 is 1.36 bits per heavy atom. The maximum atomic E-state index is 11.5. The maximum absolute atomic E-state index is 11.5. The number of rotatable bonds is 3. The fraction of sp³-hybridized carbons (Fsp3) is 0. The Hall–Kier alpha value is -2.19. The summed E-state index contributed by atoms with van der Waals surface area (Å²) in [4.78, 5) is 14.2. The molecule has 70 valence electrons. The van der Waals surface area contributed by atoms with E-state index in [0.717, 1.165) is 0 Å². The average Bonchev–Trinajstić information content (AvgIpc) is 2.19. The largest absolute Gasteiger partial charge is 0.502 e. The SMILES string of the molecule is C=C(O)C(=[N+]=[N-])C(=O)c1ccccc1. The number of allylic oxidation sites excluding steroid dienone is 1. The van der Waals surface area contributed by atoms with E-state index in [2.05, 4.69) is 11.4 Å². The summed E-state index contributed by atoms with van der Waals surface area (Å²) in [5.74, 6) is -1.12. The second kappa shape index (κ2) is 4.16. The number of nitrogens with zero attached hydrogens (tertiary/aromatic N) is 2. The predicted octanol–water partition coefficient (Wildman–Crippen LogP) is 1.61. The van der Waals surface area contributed by atoms with Gasteiger partial charge in [0.1, 0.15) is 0 Å². The van der Waals surface area contributed by atoms with Crippen LogP contribution in [-0.2, 0) is 0 Å². The summed E-state index contributed by atoms with van der Waals surface area (Å²) in [6.45, 7) is 3.12. The molecule has 0 heterocycles. The van der Waals surface area contributed by atoms with E-state index < -0.39 is 17.3 Å². The monoisotopic (exact) mass is 188 g/mol. The Kier molecular flexibility index (Phi) is 2.94. The summed E-state index contributed by atoms with van der Waals surface area (Å²) >= 11 is 0. The summed E-state index contributed by atoms with van der Waals surface area (Å²) in [6, 6.07) is 8.19. The Morgan fingerprint density at radius 2 is 1.93 bits per heavy atom. The first-order valence-corrected chi connectivity index (χ1v) is 3.87. The van der Waals surface area contributed by atoms with Crippen molar-refractivity contribution in [2.24, 2.45) is 0 Å². The van der Waals surface area contributed by atoms with Crippen LogP contribution in [0.25, 0.3) is 5.53 Å². The molecule has 1 aromatic carbocycles. The van der Waals surface area contributed by atoms with Crippen LogP contribution < -0.4 is 0 Å². The summed E-state index contributed by atoms with van der Waals surface area (Å²) in [7, 11) is 0. The smallest absolute Gasteiger partial charge is 0.403 e. The van der Waals surface area contributed by atoms with Crippen LogP contribution in [0.1, 0.15) is 10.4 Å². The van der Waals surface area contributed by atoms with Gasteiger partial charge in [0.2, 0.25) is 5.76 Å². The van der Waals surface area contributed by atoms with E-state index in [0.29, 0.717) is 5.56 Å². The van der Waals surface area contributed by atoms with Crippen molar-refractivity contribution in [2.45, 2.75) is 0 Å². The molecule has 4 nitrogen and oxygen atoms in total. The topological polar surface area (TPSA) is 73.7 Å². The predicted molar refractivity (Wildman–Crippen MR) is 51.2 cm³/mol. The number of aliphatic hydroxyl groups is 1. The molecule has 0 atom stereocenters. The molecule has 1 N–H and O–H groups in total. The van der Waals surface area contributed by atoms with Crippen LogP contribution in [-0.4, -0.2) is 21.4 Å². The number of hydrogen-bond donors (Lipinski definition) is 1. The van der Waals surface area contributed by atoms with E-state index in [1.165, 1.54) is 0 Å². The zero-order valence-electron chi connectivity index (χ0n) is 7.34. The second-order valence-electron chi connectivity index (χ2n) is 2.59. The fourth-order valence-corrected chi connectivity index (χ4v) is 0.960. The molecule has 0 aromatic heterocycles. The van der Waals surface area contributed by atoms with Crippen LogP contribution >= 0.6 is 0 Å². The Morgan fingerprint density at radius 3 is 2.36 bits per heavy atom. The Labute approximate surface area is 80.7 Å². The van der Waals surface area contributed by atoms with E-state index in [9.17, 15) is 4.79 Å². The molecular weight excluding hydrogens is 180 g/mol. The van der Waals surface area contributed by atoms with Crippen molar-refractivity contribution in [3.8, 4) is 0 Å². The zero-order valence-corrected chi connectivity index (χ0v) is 7.34. The molecule has 0 bridgehead atoms. The highest BCUT2D eigenvalue weighted by Crippen LogP contribution is 2.03. The fourth-order valence-electron chi connectivity index (χ4n) is 0.960. The second-order valence-corrected chi connectivity index (χ2v) is 2.59. The molecule has 0 aliphatic heterocycles. The Bertz CT molecular complexity index is 417. The molecule has 0 unspecified atom stereocenters. The molecule has 14 heavy (non-hydrogen) atoms. The number of aliphatic hydroxyl groups excluding tert-OH is 1. The van der Waals surface area contributed by atoms with Gasteiger partial charge in [0, 0.05) is 5.56 Å². The van der Waals surface area contributed by atoms with Crippen LogP contribution in [0.2, 0.25) is 0 Å². The molecule has 0 spiro atoms. The highest BCUT2D eigenvalue weighted by Gasteiger charge is 2.24. The van der Waals surface area contributed by atoms with Gasteiger partial charge in [-0.25, -0.2) is 0 Å². The minimum absolute atomic E-state index is 0.329. The quantitative estimate of drug-likeness (QED) is 0.257. The van der Waals surface area contributed by atoms with Crippen molar-refractivity contribution in [3.05, 3.63) is 53.8 Å². The van der Waals surface area contributed by atoms with Gasteiger partial charge >= 0.3 is 5.71 Å². The first-order chi connectivity index (χ1) is 6.66. The molecule has 0 amide bonds. The molecule has 0 saturated carbocycles. The lowest BCUT2D eigenvalue weighted by Gasteiger charge is -1.94. The van der Waals surface area contributed by atoms with Gasteiger partial charge in [0.15, 0.2) is 0 Å². The Balaban J connectivity index is 3.09. The van der Waals surface area contributed by atoms with Gasteiger partial charge in [0.05, 0.1) is 0 Å². The molecule has 0 saturated heterocycles. The normalized spacial score (nSPS) is 8.86. The number of ketones is 1. The molecule has 1 aromatic rings. The van der Waals surface area contributed by atoms with Crippen molar-refractivity contribution >= 4 is 11.5 Å². The van der Waals surface area contributed by atoms with Crippen molar-refractivity contribution < 1.29 is 14.7 Å². The minimum Gasteiger partial charge on any atom is -0.502 e. The number of Topliss-reactive ketones (excluding diaryl/α,β-unsaturated/α-hetero) is 1. The first kappa shape index (κ1) is 9.89. The van der Waals surface area contributed by atoms with Gasteiger partial charge in [-0.2, -0.15) is 4.79 Å². The molecular formula is C10H8N2O2. The summed E-state index contributed by atoms with van der Waals surface area (Å²) in [6.07, 6.45) is 0. The van der Waals surface area contributed by atoms with Crippen LogP contribution in [0.3, 0.4) is 0 Å². The van der Waals surface area contributed by atoms with E-state index in [1.807, 2.05) is 0 Å². The zero-order chi connectivity index (χ0) is 10.6. The summed E-state index contributed by atoms with van der Waals surface area (Å²) in [5, 5.41) is 8.94. The number of carbonyl (C=O) groups excluding carboxylic acids is 1. The van der Waals surface area contributed by atoms with E-state index >= 15 is 0 Å². The summed E-state index contributed by atoms with van der Waals surface area (Å²) in [5.41, 5.74) is 8.36. The third-order valence-electron chi connectivity index (χ3n) is 1.62. The van der Waals surface area contributed by atoms with Crippen LogP contribution in [0, 0.1) is 0 Å². The van der Waals surface area contributed by atoms with Crippen LogP contribution in [0.4, 0.5) is 0 Å². The molecule has 1 rings (SSSR count). The summed E-state index contributed by atoms with van der Waals surface area (Å²) < 4.78 is 0. The lowest BCUT2D eigenvalue weighted by Crippen LogP contribution is -2.17. The lowest BCUT2D eigenvalue weighted by atomic mass is 10.1. The van der Waals surface area contributed by atoms with Gasteiger partial charge in [-0.15, -0.1) is 0 Å². The van der Waals surface area contributed by atoms with Crippen molar-refractivity contribution in [3.63, 3.8) is 0 Å². The standard InChI is InChI=1S/C10H8N2O2/c1-7(13)9(12-11)10(14)8-5-3-2-4-6-8/h2-6,13H,1H2. The van der Waals surface area contributed by atoms with E-state index in [-0.39, 0.29) is 0 Å². The highest BCUT2D eigenvalue weighted by atomic mass is 16.3. The number of benzene rings is 1. The lowest BCUT2D eigenvalue weighted by molar-refractivity contribution is -0.00840. The average molecular weight is 188 g/mol. The third kappa shape index (κ3) is 1.94. The first-order valence-electron chi connectivity index (χ1n) is 3.87. The van der Waals surface area contributed by atoms with Gasteiger partial charge in [0.25, 0.3) is 5.78 Å². The van der Waals surface area contributed by atoms with Gasteiger partial charge in [-0.3, -0.25) is 4.79 Å². The van der Waals surface area contributed by atoms with Crippen LogP contribution in [0.5, 0.6) is 0 Å². The van der Waals surface area contributed by atoms with Gasteiger partial charge in [-0.1, -0.05) is 30.3 Å². The molecule has 0 fully saturated rings. The van der Waals surface area contributed by atoms with Crippen molar-refractivity contribution in [1.82, 2.24) is 0 Å². The van der Waals surface area contributed by atoms with Crippen LogP contribution in [0.15, 0.2) is 42.7 Å². The third-order valence-corrected chi connectivity index (χ3v) is 1.62. The van der Waals surface area contributed by atoms with Crippen molar-refractivity contribution in [2.75, 3.05) is 0 Å². The minimum atomic E-state index is -0.569. The highest BCUT2D eigenvalue weighted by molar-refractivity contribution is 6.48. The van der Waals surface area contributed by atoms with Gasteiger partial charge in [-0.05, 0) is 6.58 Å². The van der Waals surface area contributed by atoms with E-state index in [4.69, 9.17) is 10.6 Å². The molecule has 0 aliphatic rings. The molecule has 0 radical (unpaired) electrons. The van der Waals surface area contributed by atoms with E-state index in [1.54, 1.807) is 30.3 Å². The molecule has 0 aliphatic carbocycles.